The summed E-state index contributed by atoms with van der Waals surface area (Å²) >= 11 is 0. The van der Waals surface area contributed by atoms with Gasteiger partial charge >= 0.3 is 5.97 Å². The molecule has 5 nitrogen and oxygen atoms in total. The number of para-hydroxylation sites is 1. The zero-order valence-corrected chi connectivity index (χ0v) is 11.5. The summed E-state index contributed by atoms with van der Waals surface area (Å²) in [5, 5.41) is 9.63. The summed E-state index contributed by atoms with van der Waals surface area (Å²) in [6.07, 6.45) is 3.13. The topological polar surface area (TPSA) is 66.8 Å². The average Bonchev–Trinajstić information content (AvgIpc) is 3.09. The lowest BCUT2D eigenvalue weighted by Gasteiger charge is -2.30. The molecule has 4 rings (SSSR count). The fourth-order valence-electron chi connectivity index (χ4n) is 3.92. The van der Waals surface area contributed by atoms with E-state index in [-0.39, 0.29) is 5.91 Å². The van der Waals surface area contributed by atoms with E-state index in [9.17, 15) is 14.7 Å². The van der Waals surface area contributed by atoms with Crippen molar-refractivity contribution in [2.24, 2.45) is 11.3 Å². The third-order valence-corrected chi connectivity index (χ3v) is 5.03. The van der Waals surface area contributed by atoms with Crippen LogP contribution in [-0.2, 0) is 14.3 Å². The maximum Gasteiger partial charge on any atom is 0.313 e. The van der Waals surface area contributed by atoms with Gasteiger partial charge in [-0.05, 0) is 19.1 Å². The standard InChI is InChI=1S/C16H15NO4/c1-15(14(19)20)11-7-8-16(21-11)9-17(13(18)12(15)16)10-5-3-2-4-6-10/h2-8,11-12H,9H2,1H3,(H,19,20)/t11-,12-,15-,16-/m1/s1. The Kier molecular flexibility index (Phi) is 2.24. The minimum absolute atomic E-state index is 0.169. The molecule has 4 atom stereocenters. The monoisotopic (exact) mass is 285 g/mol. The number of carboxylic acid groups (broad SMARTS) is 1. The van der Waals surface area contributed by atoms with Gasteiger partial charge in [0, 0.05) is 5.69 Å². The van der Waals surface area contributed by atoms with Crippen LogP contribution in [0.3, 0.4) is 0 Å². The molecule has 3 aliphatic rings. The van der Waals surface area contributed by atoms with Crippen LogP contribution in [0.25, 0.3) is 0 Å². The lowest BCUT2D eigenvalue weighted by atomic mass is 9.66. The molecular formula is C16H15NO4. The molecule has 3 heterocycles. The van der Waals surface area contributed by atoms with Crippen molar-refractivity contribution in [1.29, 1.82) is 0 Å². The van der Waals surface area contributed by atoms with E-state index < -0.39 is 29.0 Å². The number of carbonyl (C=O) groups excluding carboxylic acids is 1. The van der Waals surface area contributed by atoms with E-state index in [2.05, 4.69) is 0 Å². The Bertz CT molecular complexity index is 670. The van der Waals surface area contributed by atoms with Crippen molar-refractivity contribution in [3.05, 3.63) is 42.5 Å². The van der Waals surface area contributed by atoms with E-state index in [4.69, 9.17) is 4.74 Å². The summed E-state index contributed by atoms with van der Waals surface area (Å²) in [7, 11) is 0. The molecule has 0 unspecified atom stereocenters. The minimum Gasteiger partial charge on any atom is -0.481 e. The molecule has 1 N–H and O–H groups in total. The summed E-state index contributed by atoms with van der Waals surface area (Å²) in [4.78, 5) is 26.2. The highest BCUT2D eigenvalue weighted by Crippen LogP contribution is 2.58. The highest BCUT2D eigenvalue weighted by molar-refractivity contribution is 6.03. The summed E-state index contributed by atoms with van der Waals surface area (Å²) in [6, 6.07) is 9.30. The summed E-state index contributed by atoms with van der Waals surface area (Å²) in [6.45, 7) is 1.98. The maximum absolute atomic E-state index is 12.8. The number of fused-ring (bicyclic) bond motifs is 1. The van der Waals surface area contributed by atoms with E-state index in [0.29, 0.717) is 6.54 Å². The number of carbonyl (C=O) groups is 2. The highest BCUT2D eigenvalue weighted by atomic mass is 16.5. The normalized spacial score (nSPS) is 39.9. The molecule has 5 heteroatoms. The van der Waals surface area contributed by atoms with E-state index in [1.165, 1.54) is 0 Å². The van der Waals surface area contributed by atoms with Crippen LogP contribution in [0.1, 0.15) is 6.92 Å². The van der Waals surface area contributed by atoms with Crippen molar-refractivity contribution >= 4 is 17.6 Å². The van der Waals surface area contributed by atoms with Gasteiger partial charge in [0.15, 0.2) is 0 Å². The molecule has 3 aliphatic heterocycles. The molecule has 1 spiro atoms. The Morgan fingerprint density at radius 3 is 2.76 bits per heavy atom. The quantitative estimate of drug-likeness (QED) is 0.835. The Balaban J connectivity index is 1.81. The van der Waals surface area contributed by atoms with Gasteiger partial charge in [-0.3, -0.25) is 9.59 Å². The Labute approximate surface area is 121 Å². The second-order valence-corrected chi connectivity index (χ2v) is 6.13. The van der Waals surface area contributed by atoms with Gasteiger partial charge in [0.1, 0.15) is 11.0 Å². The molecule has 0 aliphatic carbocycles. The van der Waals surface area contributed by atoms with Crippen molar-refractivity contribution < 1.29 is 19.4 Å². The van der Waals surface area contributed by atoms with Crippen LogP contribution in [-0.4, -0.2) is 35.2 Å². The molecule has 1 amide bonds. The predicted molar refractivity (Wildman–Crippen MR) is 74.8 cm³/mol. The lowest BCUT2D eigenvalue weighted by molar-refractivity contribution is -0.154. The number of amides is 1. The van der Waals surface area contributed by atoms with Crippen molar-refractivity contribution in [1.82, 2.24) is 0 Å². The number of aliphatic carboxylic acids is 1. The SMILES string of the molecule is C[C@]1(C(=O)O)[C@H]2C(=O)N(c3ccccc3)C[C@]23C=C[C@H]1O3. The molecular weight excluding hydrogens is 270 g/mol. The number of hydrogen-bond donors (Lipinski definition) is 1. The Morgan fingerprint density at radius 2 is 2.10 bits per heavy atom. The average molecular weight is 285 g/mol. The van der Waals surface area contributed by atoms with Crippen LogP contribution in [0.5, 0.6) is 0 Å². The number of benzene rings is 1. The van der Waals surface area contributed by atoms with Gasteiger partial charge in [-0.2, -0.15) is 0 Å². The number of rotatable bonds is 2. The van der Waals surface area contributed by atoms with Crippen LogP contribution in [0, 0.1) is 11.3 Å². The molecule has 1 aromatic carbocycles. The third kappa shape index (κ3) is 1.34. The summed E-state index contributed by atoms with van der Waals surface area (Å²) in [5.41, 5.74) is -1.22. The third-order valence-electron chi connectivity index (χ3n) is 5.03. The molecule has 21 heavy (non-hydrogen) atoms. The molecule has 108 valence electrons. The number of hydrogen-bond acceptors (Lipinski definition) is 3. The molecule has 0 radical (unpaired) electrons. The zero-order chi connectivity index (χ0) is 14.8. The van der Waals surface area contributed by atoms with Gasteiger partial charge in [0.25, 0.3) is 0 Å². The van der Waals surface area contributed by atoms with E-state index in [0.717, 1.165) is 5.69 Å². The first kappa shape index (κ1) is 12.6. The van der Waals surface area contributed by atoms with Crippen LogP contribution in [0.2, 0.25) is 0 Å². The van der Waals surface area contributed by atoms with Crippen molar-refractivity contribution in [2.45, 2.75) is 18.6 Å². The van der Waals surface area contributed by atoms with E-state index in [1.807, 2.05) is 36.4 Å². The maximum atomic E-state index is 12.8. The number of nitrogens with zero attached hydrogens (tertiary/aromatic N) is 1. The zero-order valence-electron chi connectivity index (χ0n) is 11.5. The highest BCUT2D eigenvalue weighted by Gasteiger charge is 2.73. The van der Waals surface area contributed by atoms with Gasteiger partial charge in [-0.25, -0.2) is 0 Å². The lowest BCUT2D eigenvalue weighted by Crippen LogP contribution is -2.47. The molecule has 1 aromatic rings. The van der Waals surface area contributed by atoms with Gasteiger partial charge in [-0.1, -0.05) is 30.4 Å². The second-order valence-electron chi connectivity index (χ2n) is 6.13. The molecule has 2 fully saturated rings. The number of anilines is 1. The fourth-order valence-corrected chi connectivity index (χ4v) is 3.92. The van der Waals surface area contributed by atoms with E-state index in [1.54, 1.807) is 17.9 Å². The predicted octanol–water partition coefficient (Wildman–Crippen LogP) is 1.45. The smallest absolute Gasteiger partial charge is 0.313 e. The summed E-state index contributed by atoms with van der Waals surface area (Å²) < 4.78 is 5.93. The van der Waals surface area contributed by atoms with Gasteiger partial charge in [0.05, 0.1) is 18.6 Å². The van der Waals surface area contributed by atoms with Gasteiger partial charge in [-0.15, -0.1) is 0 Å². The first-order valence-corrected chi connectivity index (χ1v) is 6.96. The minimum atomic E-state index is -1.20. The Hall–Kier alpha value is -2.14. The molecule has 2 bridgehead atoms. The second kappa shape index (κ2) is 3.74. The number of ether oxygens (including phenoxy) is 1. The van der Waals surface area contributed by atoms with Crippen molar-refractivity contribution in [2.75, 3.05) is 11.4 Å². The van der Waals surface area contributed by atoms with E-state index >= 15 is 0 Å². The molecule has 0 aromatic heterocycles. The molecule has 0 saturated carbocycles. The van der Waals surface area contributed by atoms with Crippen LogP contribution in [0.15, 0.2) is 42.5 Å². The first-order valence-electron chi connectivity index (χ1n) is 6.96. The largest absolute Gasteiger partial charge is 0.481 e. The van der Waals surface area contributed by atoms with Crippen LogP contribution < -0.4 is 4.90 Å². The summed E-state index contributed by atoms with van der Waals surface area (Å²) in [5.74, 6) is -1.82. The van der Waals surface area contributed by atoms with Gasteiger partial charge < -0.3 is 14.7 Å². The van der Waals surface area contributed by atoms with Crippen molar-refractivity contribution in [3.8, 4) is 0 Å². The number of carboxylic acids is 1. The molecule has 2 saturated heterocycles. The fraction of sp³-hybridized carbons (Fsp3) is 0.375. The Morgan fingerprint density at radius 1 is 1.38 bits per heavy atom. The van der Waals surface area contributed by atoms with Crippen molar-refractivity contribution in [3.63, 3.8) is 0 Å². The van der Waals surface area contributed by atoms with Crippen LogP contribution in [0.4, 0.5) is 5.69 Å². The van der Waals surface area contributed by atoms with Crippen LogP contribution >= 0.6 is 0 Å². The van der Waals surface area contributed by atoms with Gasteiger partial charge in [0.2, 0.25) is 5.91 Å². The first-order chi connectivity index (χ1) is 9.99.